The van der Waals surface area contributed by atoms with Crippen LogP contribution in [0.5, 0.6) is 0 Å². The van der Waals surface area contributed by atoms with E-state index < -0.39 is 8.80 Å². The zero-order valence-corrected chi connectivity index (χ0v) is 16.8. The molecule has 0 bridgehead atoms. The van der Waals surface area contributed by atoms with Crippen molar-refractivity contribution in [3.8, 4) is 0 Å². The highest BCUT2D eigenvalue weighted by Gasteiger charge is 2.40. The zero-order valence-electron chi connectivity index (χ0n) is 15.8. The second kappa shape index (κ2) is 16.9. The molecule has 140 valence electrons. The van der Waals surface area contributed by atoms with Crippen molar-refractivity contribution < 1.29 is 18.4 Å². The van der Waals surface area contributed by atoms with Crippen LogP contribution in [-0.2, 0) is 13.3 Å². The van der Waals surface area contributed by atoms with E-state index in [1.54, 1.807) is 0 Å². The van der Waals surface area contributed by atoms with Crippen LogP contribution in [0.15, 0.2) is 0 Å². The van der Waals surface area contributed by atoms with E-state index in [9.17, 15) is 5.11 Å². The minimum absolute atomic E-state index is 0.170. The minimum atomic E-state index is -2.63. The van der Waals surface area contributed by atoms with E-state index in [2.05, 4.69) is 20.8 Å². The lowest BCUT2D eigenvalue weighted by atomic mass is 10.3. The zero-order chi connectivity index (χ0) is 17.2. The Morgan fingerprint density at radius 3 is 1.30 bits per heavy atom. The molecule has 0 unspecified atom stereocenters. The minimum Gasteiger partial charge on any atom is -0.396 e. The lowest BCUT2D eigenvalue weighted by molar-refractivity contribution is 0.0537. The fourth-order valence-electron chi connectivity index (χ4n) is 2.38. The van der Waals surface area contributed by atoms with Gasteiger partial charge in [0.1, 0.15) is 0 Å². The molecule has 0 saturated heterocycles. The Labute approximate surface area is 145 Å². The summed E-state index contributed by atoms with van der Waals surface area (Å²) in [5, 5.41) is 9.21. The van der Waals surface area contributed by atoms with Crippen molar-refractivity contribution in [1.82, 2.24) is 0 Å². The van der Waals surface area contributed by atoms with E-state index in [4.69, 9.17) is 13.3 Å². The van der Waals surface area contributed by atoms with Crippen LogP contribution < -0.4 is 0 Å². The maximum Gasteiger partial charge on any atom is 0.501 e. The van der Waals surface area contributed by atoms with Gasteiger partial charge in [0.25, 0.3) is 0 Å². The number of hydrogen-bond donors (Lipinski definition) is 1. The average Bonchev–Trinajstić information content (AvgIpc) is 2.57. The standard InChI is InChI=1S/C18H40O4Si/c1-4-7-10-15-20-23(18-13-14-19,21-16-11-8-5-2)22-17-12-9-6-3/h19H,4-18H2,1-3H3. The molecule has 0 aliphatic rings. The Morgan fingerprint density at radius 2 is 1.00 bits per heavy atom. The van der Waals surface area contributed by atoms with Gasteiger partial charge in [0, 0.05) is 32.5 Å². The molecule has 0 aliphatic heterocycles. The van der Waals surface area contributed by atoms with Gasteiger partial charge in [-0.15, -0.1) is 0 Å². The normalized spacial score (nSPS) is 12.0. The summed E-state index contributed by atoms with van der Waals surface area (Å²) in [6.45, 7) is 8.90. The molecule has 0 heterocycles. The summed E-state index contributed by atoms with van der Waals surface area (Å²) in [7, 11) is -2.63. The molecule has 0 saturated carbocycles. The van der Waals surface area contributed by atoms with Crippen molar-refractivity contribution in [3.05, 3.63) is 0 Å². The first kappa shape index (κ1) is 23.1. The van der Waals surface area contributed by atoms with Crippen molar-refractivity contribution in [3.63, 3.8) is 0 Å². The van der Waals surface area contributed by atoms with Gasteiger partial charge in [-0.05, 0) is 25.7 Å². The maximum absolute atomic E-state index is 9.21. The summed E-state index contributed by atoms with van der Waals surface area (Å²) in [6.07, 6.45) is 10.9. The Hall–Kier alpha value is 0.0569. The fourth-order valence-corrected chi connectivity index (χ4v) is 5.02. The molecular weight excluding hydrogens is 308 g/mol. The first-order valence-corrected chi connectivity index (χ1v) is 11.7. The largest absolute Gasteiger partial charge is 0.501 e. The molecule has 0 rings (SSSR count). The van der Waals surface area contributed by atoms with Crippen LogP contribution in [0.1, 0.15) is 85.0 Å². The van der Waals surface area contributed by atoms with E-state index in [1.165, 1.54) is 38.5 Å². The van der Waals surface area contributed by atoms with E-state index in [0.29, 0.717) is 26.2 Å². The fraction of sp³-hybridized carbons (Fsp3) is 1.00. The molecule has 0 spiro atoms. The van der Waals surface area contributed by atoms with E-state index in [-0.39, 0.29) is 6.61 Å². The van der Waals surface area contributed by atoms with E-state index in [0.717, 1.165) is 25.3 Å². The summed E-state index contributed by atoms with van der Waals surface area (Å²) >= 11 is 0. The summed E-state index contributed by atoms with van der Waals surface area (Å²) in [6, 6.07) is 0.730. The molecule has 0 aliphatic carbocycles. The average molecular weight is 349 g/mol. The number of hydrogen-bond acceptors (Lipinski definition) is 4. The van der Waals surface area contributed by atoms with Gasteiger partial charge in [0.15, 0.2) is 0 Å². The van der Waals surface area contributed by atoms with E-state index >= 15 is 0 Å². The topological polar surface area (TPSA) is 47.9 Å². The monoisotopic (exact) mass is 348 g/mol. The third-order valence-corrected chi connectivity index (χ3v) is 6.75. The molecular formula is C18H40O4Si. The lowest BCUT2D eigenvalue weighted by Crippen LogP contribution is -2.46. The number of unbranched alkanes of at least 4 members (excludes halogenated alkanes) is 6. The number of aliphatic hydroxyl groups excluding tert-OH is 1. The molecule has 5 heteroatoms. The van der Waals surface area contributed by atoms with Crippen molar-refractivity contribution in [2.75, 3.05) is 26.4 Å². The van der Waals surface area contributed by atoms with Gasteiger partial charge in [0.2, 0.25) is 0 Å². The van der Waals surface area contributed by atoms with Crippen LogP contribution in [0.25, 0.3) is 0 Å². The highest BCUT2D eigenvalue weighted by Crippen LogP contribution is 2.20. The van der Waals surface area contributed by atoms with Crippen molar-refractivity contribution in [1.29, 1.82) is 0 Å². The van der Waals surface area contributed by atoms with Gasteiger partial charge in [0.05, 0.1) is 0 Å². The summed E-state index contributed by atoms with van der Waals surface area (Å²) in [4.78, 5) is 0. The van der Waals surface area contributed by atoms with Crippen molar-refractivity contribution in [2.45, 2.75) is 91.0 Å². The van der Waals surface area contributed by atoms with Gasteiger partial charge >= 0.3 is 8.80 Å². The Morgan fingerprint density at radius 1 is 0.609 bits per heavy atom. The van der Waals surface area contributed by atoms with Crippen molar-refractivity contribution >= 4 is 8.80 Å². The van der Waals surface area contributed by atoms with Crippen LogP contribution in [0.4, 0.5) is 0 Å². The van der Waals surface area contributed by atoms with Gasteiger partial charge in [-0.2, -0.15) is 0 Å². The molecule has 0 atom stereocenters. The molecule has 1 N–H and O–H groups in total. The predicted molar refractivity (Wildman–Crippen MR) is 98.7 cm³/mol. The highest BCUT2D eigenvalue weighted by molar-refractivity contribution is 6.60. The second-order valence-corrected chi connectivity index (χ2v) is 8.91. The summed E-state index contributed by atoms with van der Waals surface area (Å²) in [5.74, 6) is 0. The molecule has 0 aromatic carbocycles. The molecule has 0 aromatic heterocycles. The lowest BCUT2D eigenvalue weighted by Gasteiger charge is -2.30. The highest BCUT2D eigenvalue weighted by atomic mass is 28.4. The first-order chi connectivity index (χ1) is 11.2. The van der Waals surface area contributed by atoms with Gasteiger partial charge < -0.3 is 18.4 Å². The molecule has 0 amide bonds. The van der Waals surface area contributed by atoms with Crippen LogP contribution >= 0.6 is 0 Å². The smallest absolute Gasteiger partial charge is 0.396 e. The molecule has 0 fully saturated rings. The molecule has 23 heavy (non-hydrogen) atoms. The Balaban J connectivity index is 4.51. The van der Waals surface area contributed by atoms with Crippen molar-refractivity contribution in [2.24, 2.45) is 0 Å². The number of rotatable bonds is 18. The van der Waals surface area contributed by atoms with Crippen LogP contribution in [0.2, 0.25) is 6.04 Å². The number of aliphatic hydroxyl groups is 1. The molecule has 0 radical (unpaired) electrons. The first-order valence-electron chi connectivity index (χ1n) is 9.77. The van der Waals surface area contributed by atoms with E-state index in [1.807, 2.05) is 0 Å². The third kappa shape index (κ3) is 13.1. The Bertz CT molecular complexity index is 208. The van der Waals surface area contributed by atoms with Gasteiger partial charge in [-0.3, -0.25) is 0 Å². The SMILES string of the molecule is CCCCCO[Si](CCCO)(OCCCCC)OCCCCC. The summed E-state index contributed by atoms with van der Waals surface area (Å²) in [5.41, 5.74) is 0. The second-order valence-electron chi connectivity index (χ2n) is 6.18. The summed E-state index contributed by atoms with van der Waals surface area (Å²) < 4.78 is 18.5. The third-order valence-electron chi connectivity index (χ3n) is 3.85. The Kier molecular flexibility index (Phi) is 16.9. The molecule has 4 nitrogen and oxygen atoms in total. The predicted octanol–water partition coefficient (Wildman–Crippen LogP) is 4.93. The maximum atomic E-state index is 9.21. The van der Waals surface area contributed by atoms with Gasteiger partial charge in [-0.1, -0.05) is 59.3 Å². The quantitative estimate of drug-likeness (QED) is 0.282. The van der Waals surface area contributed by atoms with Crippen LogP contribution in [0, 0.1) is 0 Å². The van der Waals surface area contributed by atoms with Gasteiger partial charge in [-0.25, -0.2) is 0 Å². The molecule has 0 aromatic rings. The van der Waals surface area contributed by atoms with Crippen LogP contribution in [0.3, 0.4) is 0 Å². The van der Waals surface area contributed by atoms with Crippen LogP contribution in [-0.4, -0.2) is 40.3 Å².